The number of methoxy groups -OCH3 is 1. The van der Waals surface area contributed by atoms with Crippen molar-refractivity contribution in [2.24, 2.45) is 11.5 Å². The summed E-state index contributed by atoms with van der Waals surface area (Å²) in [6.07, 6.45) is 3.54. The molecule has 30 heavy (non-hydrogen) atoms. The van der Waals surface area contributed by atoms with E-state index in [0.717, 1.165) is 25.7 Å². The van der Waals surface area contributed by atoms with Crippen LogP contribution in [0.1, 0.15) is 53.7 Å². The minimum absolute atomic E-state index is 0.00895. The maximum absolute atomic E-state index is 11.8. The first-order valence-corrected chi connectivity index (χ1v) is 10.9. The van der Waals surface area contributed by atoms with Gasteiger partial charge in [-0.3, -0.25) is 4.79 Å². The molecule has 0 radical (unpaired) electrons. The average Bonchev–Trinajstić information content (AvgIpc) is 2.77. The minimum atomic E-state index is -0.387. The Morgan fingerprint density at radius 1 is 1.20 bits per heavy atom. The third-order valence-electron chi connectivity index (χ3n) is 6.82. The summed E-state index contributed by atoms with van der Waals surface area (Å²) in [5.74, 6) is -0.387. The number of nitrogens with one attached hydrogen (secondary N) is 1. The first-order chi connectivity index (χ1) is 14.4. The van der Waals surface area contributed by atoms with E-state index in [9.17, 15) is 4.79 Å². The standard InChI is InChI=1S/C25H35N3O2/c1-4-25(5-2)21-14-19(24(27)29)12-11-18(21)15-22(30-3)23(25)28-16-20(26)13-17-9-7-6-8-10-17/h6-12,14,20,22-23,28H,4-5,13,15-16,26H2,1-3H3,(H2,27,29)/t20?,22-,23+/m0/s1. The molecular formula is C25H35N3O2. The predicted molar refractivity (Wildman–Crippen MR) is 122 cm³/mol. The number of rotatable bonds is 9. The molecule has 2 aromatic carbocycles. The largest absolute Gasteiger partial charge is 0.379 e. The molecule has 3 atom stereocenters. The number of carbonyl (C=O) groups is 1. The molecule has 0 heterocycles. The summed E-state index contributed by atoms with van der Waals surface area (Å²) in [5.41, 5.74) is 16.2. The van der Waals surface area contributed by atoms with Crippen molar-refractivity contribution in [2.45, 2.75) is 63.1 Å². The van der Waals surface area contributed by atoms with Crippen molar-refractivity contribution < 1.29 is 9.53 Å². The highest BCUT2D eigenvalue weighted by molar-refractivity contribution is 5.93. The zero-order valence-corrected chi connectivity index (χ0v) is 18.4. The van der Waals surface area contributed by atoms with Gasteiger partial charge in [-0.1, -0.05) is 50.2 Å². The molecule has 3 rings (SSSR count). The fraction of sp³-hybridized carbons (Fsp3) is 0.480. The molecule has 5 heteroatoms. The molecule has 1 aliphatic carbocycles. The van der Waals surface area contributed by atoms with E-state index < -0.39 is 0 Å². The van der Waals surface area contributed by atoms with Crippen LogP contribution in [0, 0.1) is 0 Å². The van der Waals surface area contributed by atoms with Crippen LogP contribution in [0.4, 0.5) is 0 Å². The van der Waals surface area contributed by atoms with E-state index in [1.807, 2.05) is 36.4 Å². The Morgan fingerprint density at radius 2 is 1.90 bits per heavy atom. The number of hydrogen-bond acceptors (Lipinski definition) is 4. The molecule has 0 aromatic heterocycles. The molecule has 162 valence electrons. The van der Waals surface area contributed by atoms with Crippen LogP contribution in [-0.4, -0.2) is 37.7 Å². The maximum atomic E-state index is 11.8. The van der Waals surface area contributed by atoms with Gasteiger partial charge in [-0.15, -0.1) is 0 Å². The van der Waals surface area contributed by atoms with Crippen LogP contribution < -0.4 is 16.8 Å². The fourth-order valence-corrected chi connectivity index (χ4v) is 5.11. The van der Waals surface area contributed by atoms with Gasteiger partial charge in [0.25, 0.3) is 0 Å². The molecule has 2 aromatic rings. The van der Waals surface area contributed by atoms with Gasteiger partial charge in [0, 0.05) is 43.1 Å². The first kappa shape index (κ1) is 22.5. The third-order valence-corrected chi connectivity index (χ3v) is 6.82. The highest BCUT2D eigenvalue weighted by Crippen LogP contribution is 2.44. The normalized spacial score (nSPS) is 21.1. The van der Waals surface area contributed by atoms with Crippen molar-refractivity contribution in [1.82, 2.24) is 5.32 Å². The smallest absolute Gasteiger partial charge is 0.248 e. The van der Waals surface area contributed by atoms with E-state index in [4.69, 9.17) is 16.2 Å². The number of ether oxygens (including phenoxy) is 1. The summed E-state index contributed by atoms with van der Waals surface area (Å²) in [6.45, 7) is 5.12. The summed E-state index contributed by atoms with van der Waals surface area (Å²) >= 11 is 0. The molecule has 0 saturated carbocycles. The summed E-state index contributed by atoms with van der Waals surface area (Å²) < 4.78 is 5.95. The topological polar surface area (TPSA) is 90.4 Å². The molecule has 1 unspecified atom stereocenters. The summed E-state index contributed by atoms with van der Waals surface area (Å²) in [6, 6.07) is 16.3. The minimum Gasteiger partial charge on any atom is -0.379 e. The summed E-state index contributed by atoms with van der Waals surface area (Å²) in [7, 11) is 1.78. The van der Waals surface area contributed by atoms with E-state index >= 15 is 0 Å². The molecular weight excluding hydrogens is 374 g/mol. The second-order valence-electron chi connectivity index (χ2n) is 8.41. The maximum Gasteiger partial charge on any atom is 0.248 e. The molecule has 1 aliphatic rings. The van der Waals surface area contributed by atoms with Crippen molar-refractivity contribution >= 4 is 5.91 Å². The summed E-state index contributed by atoms with van der Waals surface area (Å²) in [4.78, 5) is 11.8. The zero-order valence-electron chi connectivity index (χ0n) is 18.4. The number of hydrogen-bond donors (Lipinski definition) is 3. The van der Waals surface area contributed by atoms with Crippen molar-refractivity contribution in [3.63, 3.8) is 0 Å². The Labute approximate surface area is 180 Å². The highest BCUT2D eigenvalue weighted by atomic mass is 16.5. The number of benzene rings is 2. The van der Waals surface area contributed by atoms with Crippen molar-refractivity contribution in [3.05, 3.63) is 70.8 Å². The van der Waals surface area contributed by atoms with Crippen LogP contribution in [0.5, 0.6) is 0 Å². The lowest BCUT2D eigenvalue weighted by Gasteiger charge is -2.49. The number of primary amides is 1. The first-order valence-electron chi connectivity index (χ1n) is 10.9. The Bertz CT molecular complexity index is 849. The third kappa shape index (κ3) is 4.43. The Hall–Kier alpha value is -2.21. The Kier molecular flexibility index (Phi) is 7.29. The molecule has 0 spiro atoms. The van der Waals surface area contributed by atoms with Crippen LogP contribution in [0.2, 0.25) is 0 Å². The monoisotopic (exact) mass is 409 g/mol. The van der Waals surface area contributed by atoms with Gasteiger partial charge in [0.1, 0.15) is 0 Å². The van der Waals surface area contributed by atoms with E-state index in [0.29, 0.717) is 12.1 Å². The van der Waals surface area contributed by atoms with E-state index in [2.05, 4.69) is 31.3 Å². The van der Waals surface area contributed by atoms with Crippen molar-refractivity contribution in [2.75, 3.05) is 13.7 Å². The molecule has 0 bridgehead atoms. The Morgan fingerprint density at radius 3 is 2.50 bits per heavy atom. The average molecular weight is 410 g/mol. The van der Waals surface area contributed by atoms with Gasteiger partial charge in [-0.05, 0) is 48.1 Å². The lowest BCUT2D eigenvalue weighted by atomic mass is 9.62. The van der Waals surface area contributed by atoms with Crippen LogP contribution >= 0.6 is 0 Å². The van der Waals surface area contributed by atoms with Crippen LogP contribution in [0.15, 0.2) is 48.5 Å². The zero-order chi connectivity index (χ0) is 21.7. The molecule has 1 amide bonds. The second kappa shape index (κ2) is 9.73. The van der Waals surface area contributed by atoms with Crippen LogP contribution in [0.25, 0.3) is 0 Å². The molecule has 0 fully saturated rings. The van der Waals surface area contributed by atoms with E-state index in [1.165, 1.54) is 16.7 Å². The lowest BCUT2D eigenvalue weighted by Crippen LogP contribution is -2.60. The highest BCUT2D eigenvalue weighted by Gasteiger charge is 2.46. The van der Waals surface area contributed by atoms with Crippen LogP contribution in [-0.2, 0) is 23.0 Å². The fourth-order valence-electron chi connectivity index (χ4n) is 5.11. The number of fused-ring (bicyclic) bond motifs is 1. The molecule has 0 aliphatic heterocycles. The number of carbonyl (C=O) groups excluding carboxylic acids is 1. The van der Waals surface area contributed by atoms with Gasteiger partial charge in [0.2, 0.25) is 5.91 Å². The van der Waals surface area contributed by atoms with Gasteiger partial charge in [-0.2, -0.15) is 0 Å². The summed E-state index contributed by atoms with van der Waals surface area (Å²) in [5, 5.41) is 3.76. The Balaban J connectivity index is 1.87. The van der Waals surface area contributed by atoms with Gasteiger partial charge in [0.05, 0.1) is 6.10 Å². The van der Waals surface area contributed by atoms with Gasteiger partial charge in [0.15, 0.2) is 0 Å². The van der Waals surface area contributed by atoms with Crippen molar-refractivity contribution in [3.8, 4) is 0 Å². The lowest BCUT2D eigenvalue weighted by molar-refractivity contribution is 0.0240. The van der Waals surface area contributed by atoms with E-state index in [1.54, 1.807) is 7.11 Å². The van der Waals surface area contributed by atoms with Gasteiger partial charge >= 0.3 is 0 Å². The number of amides is 1. The molecule has 5 N–H and O–H groups in total. The SMILES string of the molecule is CCC1(CC)c2cc(C(N)=O)ccc2C[C@H](OC)[C@H]1NCC(N)Cc1ccccc1. The van der Waals surface area contributed by atoms with E-state index in [-0.39, 0.29) is 29.5 Å². The van der Waals surface area contributed by atoms with Crippen molar-refractivity contribution in [1.29, 1.82) is 0 Å². The van der Waals surface area contributed by atoms with Crippen LogP contribution in [0.3, 0.4) is 0 Å². The molecule has 5 nitrogen and oxygen atoms in total. The second-order valence-corrected chi connectivity index (χ2v) is 8.41. The quantitative estimate of drug-likeness (QED) is 0.594. The molecule has 0 saturated heterocycles. The van der Waals surface area contributed by atoms with Gasteiger partial charge in [-0.25, -0.2) is 0 Å². The predicted octanol–water partition coefficient (Wildman–Crippen LogP) is 2.94. The number of nitrogens with two attached hydrogens (primary N) is 2. The van der Waals surface area contributed by atoms with Gasteiger partial charge < -0.3 is 21.5 Å².